The molecular formula is C12H13FN2O2S. The Balaban J connectivity index is 2.44. The molecule has 0 bridgehead atoms. The van der Waals surface area contributed by atoms with Gasteiger partial charge >= 0.3 is 0 Å². The normalized spacial score (nSPS) is 15.7. The quantitative estimate of drug-likeness (QED) is 0.837. The molecule has 2 rings (SSSR count). The minimum atomic E-state index is -3.62. The Bertz CT molecular complexity index is 603. The van der Waals surface area contributed by atoms with Gasteiger partial charge in [-0.2, -0.15) is 9.57 Å². The molecule has 0 atom stereocenters. The van der Waals surface area contributed by atoms with E-state index in [9.17, 15) is 12.8 Å². The molecule has 18 heavy (non-hydrogen) atoms. The molecule has 0 aliphatic heterocycles. The van der Waals surface area contributed by atoms with Gasteiger partial charge in [0.15, 0.2) is 0 Å². The zero-order valence-corrected chi connectivity index (χ0v) is 10.7. The predicted molar refractivity (Wildman–Crippen MR) is 63.7 cm³/mol. The number of hydrogen-bond acceptors (Lipinski definition) is 3. The SMILES string of the molecule is CCN(C1CC1)S(=O)(=O)c1ccc(F)c(C#N)c1. The third kappa shape index (κ3) is 2.24. The van der Waals surface area contributed by atoms with Crippen molar-refractivity contribution in [2.75, 3.05) is 6.54 Å². The average Bonchev–Trinajstić information content (AvgIpc) is 3.14. The van der Waals surface area contributed by atoms with E-state index >= 15 is 0 Å². The van der Waals surface area contributed by atoms with Gasteiger partial charge in [0.1, 0.15) is 11.9 Å². The van der Waals surface area contributed by atoms with Crippen LogP contribution in [0.4, 0.5) is 4.39 Å². The Morgan fingerprint density at radius 3 is 2.67 bits per heavy atom. The second kappa shape index (κ2) is 4.67. The Kier molecular flexibility index (Phi) is 3.37. The van der Waals surface area contributed by atoms with Gasteiger partial charge in [-0.15, -0.1) is 0 Å². The van der Waals surface area contributed by atoms with Crippen molar-refractivity contribution in [3.05, 3.63) is 29.6 Å². The maximum absolute atomic E-state index is 13.2. The Morgan fingerprint density at radius 2 is 2.17 bits per heavy atom. The topological polar surface area (TPSA) is 61.2 Å². The fourth-order valence-electron chi connectivity index (χ4n) is 1.87. The van der Waals surface area contributed by atoms with Crippen LogP contribution in [0.1, 0.15) is 25.3 Å². The second-order valence-electron chi connectivity index (χ2n) is 4.19. The summed E-state index contributed by atoms with van der Waals surface area (Å²) < 4.78 is 39.2. The van der Waals surface area contributed by atoms with Crippen LogP contribution in [-0.4, -0.2) is 25.3 Å². The summed E-state index contributed by atoms with van der Waals surface area (Å²) in [6.45, 7) is 2.15. The van der Waals surface area contributed by atoms with Crippen molar-refractivity contribution in [3.8, 4) is 6.07 Å². The lowest BCUT2D eigenvalue weighted by Crippen LogP contribution is -2.32. The molecular weight excluding hydrogens is 255 g/mol. The summed E-state index contributed by atoms with van der Waals surface area (Å²) in [5.74, 6) is -0.703. The molecule has 6 heteroatoms. The number of halogens is 1. The molecule has 4 nitrogen and oxygen atoms in total. The first-order valence-corrected chi connectivity index (χ1v) is 7.16. The summed E-state index contributed by atoms with van der Waals surface area (Å²) in [5, 5.41) is 8.73. The van der Waals surface area contributed by atoms with Gasteiger partial charge in [-0.25, -0.2) is 12.8 Å². The van der Waals surface area contributed by atoms with Crippen LogP contribution in [0.5, 0.6) is 0 Å². The molecule has 1 aliphatic rings. The lowest BCUT2D eigenvalue weighted by molar-refractivity contribution is 0.421. The largest absolute Gasteiger partial charge is 0.243 e. The smallest absolute Gasteiger partial charge is 0.207 e. The van der Waals surface area contributed by atoms with Crippen molar-refractivity contribution in [1.29, 1.82) is 5.26 Å². The fourth-order valence-corrected chi connectivity index (χ4v) is 3.59. The van der Waals surface area contributed by atoms with Gasteiger partial charge < -0.3 is 0 Å². The third-order valence-electron chi connectivity index (χ3n) is 2.93. The molecule has 0 aromatic heterocycles. The summed E-state index contributed by atoms with van der Waals surface area (Å²) in [6, 6.07) is 5.02. The van der Waals surface area contributed by atoms with Gasteiger partial charge in [0, 0.05) is 12.6 Å². The molecule has 0 N–H and O–H groups in total. The van der Waals surface area contributed by atoms with E-state index in [1.165, 1.54) is 10.4 Å². The number of hydrogen-bond donors (Lipinski definition) is 0. The van der Waals surface area contributed by atoms with Crippen LogP contribution in [0.3, 0.4) is 0 Å². The van der Waals surface area contributed by atoms with Crippen LogP contribution >= 0.6 is 0 Å². The highest BCUT2D eigenvalue weighted by molar-refractivity contribution is 7.89. The monoisotopic (exact) mass is 268 g/mol. The van der Waals surface area contributed by atoms with Crippen LogP contribution in [-0.2, 0) is 10.0 Å². The summed E-state index contributed by atoms with van der Waals surface area (Å²) in [5.41, 5.74) is -0.247. The number of benzene rings is 1. The Labute approximate surface area is 106 Å². The van der Waals surface area contributed by atoms with E-state index in [1.54, 1.807) is 13.0 Å². The van der Waals surface area contributed by atoms with Crippen molar-refractivity contribution in [2.24, 2.45) is 0 Å². The van der Waals surface area contributed by atoms with Gasteiger partial charge in [-0.1, -0.05) is 6.92 Å². The third-order valence-corrected chi connectivity index (χ3v) is 4.95. The average molecular weight is 268 g/mol. The number of nitrogens with zero attached hydrogens (tertiary/aromatic N) is 2. The van der Waals surface area contributed by atoms with Crippen LogP contribution in [0.2, 0.25) is 0 Å². The first kappa shape index (κ1) is 13.0. The fraction of sp³-hybridized carbons (Fsp3) is 0.417. The molecule has 1 aliphatic carbocycles. The van der Waals surface area contributed by atoms with Gasteiger partial charge in [-0.3, -0.25) is 0 Å². The second-order valence-corrected chi connectivity index (χ2v) is 6.08. The highest BCUT2D eigenvalue weighted by atomic mass is 32.2. The standard InChI is InChI=1S/C12H13FN2O2S/c1-2-15(10-3-4-10)18(16,17)11-5-6-12(13)9(7-11)8-14/h5-7,10H,2-4H2,1H3. The van der Waals surface area contributed by atoms with E-state index < -0.39 is 15.8 Å². The van der Waals surface area contributed by atoms with E-state index in [2.05, 4.69) is 0 Å². The van der Waals surface area contributed by atoms with Gasteiger partial charge in [0.05, 0.1) is 10.5 Å². The zero-order valence-electron chi connectivity index (χ0n) is 9.93. The van der Waals surface area contributed by atoms with Crippen molar-refractivity contribution in [1.82, 2.24) is 4.31 Å². The summed E-state index contributed by atoms with van der Waals surface area (Å²) in [6.07, 6.45) is 1.72. The Hall–Kier alpha value is -1.45. The molecule has 1 aromatic rings. The molecule has 0 radical (unpaired) electrons. The highest BCUT2D eigenvalue weighted by Crippen LogP contribution is 2.32. The van der Waals surface area contributed by atoms with Crippen molar-refractivity contribution in [3.63, 3.8) is 0 Å². The first-order valence-electron chi connectivity index (χ1n) is 5.72. The molecule has 96 valence electrons. The van der Waals surface area contributed by atoms with Crippen molar-refractivity contribution in [2.45, 2.75) is 30.7 Å². The van der Waals surface area contributed by atoms with Crippen LogP contribution < -0.4 is 0 Å². The van der Waals surface area contributed by atoms with Crippen LogP contribution in [0, 0.1) is 17.1 Å². The van der Waals surface area contributed by atoms with E-state index in [0.717, 1.165) is 25.0 Å². The molecule has 0 saturated heterocycles. The van der Waals surface area contributed by atoms with Gasteiger partial charge in [0.2, 0.25) is 10.0 Å². The molecule has 1 saturated carbocycles. The highest BCUT2D eigenvalue weighted by Gasteiger charge is 2.37. The minimum absolute atomic E-state index is 0.0193. The minimum Gasteiger partial charge on any atom is -0.207 e. The number of sulfonamides is 1. The van der Waals surface area contributed by atoms with Crippen LogP contribution in [0.25, 0.3) is 0 Å². The molecule has 0 heterocycles. The van der Waals surface area contributed by atoms with Crippen molar-refractivity contribution >= 4 is 10.0 Å². The molecule has 0 spiro atoms. The Morgan fingerprint density at radius 1 is 1.50 bits per heavy atom. The maximum atomic E-state index is 13.2. The predicted octanol–water partition coefficient (Wildman–Crippen LogP) is 1.87. The number of rotatable bonds is 4. The van der Waals surface area contributed by atoms with E-state index in [1.807, 2.05) is 0 Å². The molecule has 1 fully saturated rings. The molecule has 1 aromatic carbocycles. The van der Waals surface area contributed by atoms with E-state index in [4.69, 9.17) is 5.26 Å². The number of nitriles is 1. The van der Waals surface area contributed by atoms with E-state index in [-0.39, 0.29) is 16.5 Å². The zero-order chi connectivity index (χ0) is 13.3. The van der Waals surface area contributed by atoms with E-state index in [0.29, 0.717) is 6.54 Å². The molecule has 0 unspecified atom stereocenters. The summed E-state index contributed by atoms with van der Waals surface area (Å²) >= 11 is 0. The van der Waals surface area contributed by atoms with Gasteiger partial charge in [-0.05, 0) is 31.0 Å². The van der Waals surface area contributed by atoms with Crippen molar-refractivity contribution < 1.29 is 12.8 Å². The summed E-state index contributed by atoms with van der Waals surface area (Å²) in [7, 11) is -3.62. The summed E-state index contributed by atoms with van der Waals surface area (Å²) in [4.78, 5) is -0.0193. The first-order chi connectivity index (χ1) is 8.50. The molecule has 0 amide bonds. The van der Waals surface area contributed by atoms with Crippen LogP contribution in [0.15, 0.2) is 23.1 Å². The lowest BCUT2D eigenvalue weighted by Gasteiger charge is -2.20. The van der Waals surface area contributed by atoms with Gasteiger partial charge in [0.25, 0.3) is 0 Å². The lowest BCUT2D eigenvalue weighted by atomic mass is 10.2. The maximum Gasteiger partial charge on any atom is 0.243 e.